The van der Waals surface area contributed by atoms with E-state index in [1.807, 2.05) is 0 Å². The predicted molar refractivity (Wildman–Crippen MR) is 79.0 cm³/mol. The summed E-state index contributed by atoms with van der Waals surface area (Å²) in [4.78, 5) is 0. The minimum absolute atomic E-state index is 0.00641. The number of nitrogen functional groups attached to an aromatic ring is 2. The van der Waals surface area contributed by atoms with Crippen molar-refractivity contribution in [3.8, 4) is 0 Å². The third-order valence-corrected chi connectivity index (χ3v) is 3.39. The lowest BCUT2D eigenvalue weighted by Crippen LogP contribution is -2.06. The van der Waals surface area contributed by atoms with Crippen molar-refractivity contribution in [2.24, 2.45) is 0 Å². The van der Waals surface area contributed by atoms with Gasteiger partial charge in [0.15, 0.2) is 5.82 Å². The predicted octanol–water partition coefficient (Wildman–Crippen LogP) is 4.05. The summed E-state index contributed by atoms with van der Waals surface area (Å²) in [6.45, 7) is 0.210. The number of nitrogens with one attached hydrogen (secondary N) is 1. The molecule has 0 fully saturated rings. The minimum atomic E-state index is -0.725. The average molecular weight is 318 g/mol. The van der Waals surface area contributed by atoms with E-state index in [1.165, 1.54) is 24.3 Å². The van der Waals surface area contributed by atoms with Crippen molar-refractivity contribution in [3.63, 3.8) is 0 Å². The second kappa shape index (κ2) is 5.73. The van der Waals surface area contributed by atoms with Crippen molar-refractivity contribution in [3.05, 3.63) is 51.5 Å². The molecule has 0 aliphatic carbocycles. The summed E-state index contributed by atoms with van der Waals surface area (Å²) in [6.07, 6.45) is 0. The lowest BCUT2D eigenvalue weighted by atomic mass is 10.2. The van der Waals surface area contributed by atoms with Crippen LogP contribution in [0.4, 0.5) is 25.8 Å². The molecule has 0 atom stereocenters. The third-order valence-electron chi connectivity index (χ3n) is 2.72. The monoisotopic (exact) mass is 317 g/mol. The summed E-state index contributed by atoms with van der Waals surface area (Å²) in [5.41, 5.74) is 12.1. The van der Waals surface area contributed by atoms with Crippen LogP contribution in [-0.2, 0) is 6.54 Å². The second-order valence-electron chi connectivity index (χ2n) is 4.16. The minimum Gasteiger partial charge on any atom is -0.397 e. The molecule has 2 aromatic rings. The zero-order chi connectivity index (χ0) is 14.9. The molecule has 2 aromatic carbocycles. The number of rotatable bonds is 3. The number of anilines is 3. The Bertz CT molecular complexity index is 663. The second-order valence-corrected chi connectivity index (χ2v) is 4.95. The molecule has 3 nitrogen and oxygen atoms in total. The summed E-state index contributed by atoms with van der Waals surface area (Å²) in [5, 5.41) is 2.59. The maximum atomic E-state index is 13.9. The van der Waals surface area contributed by atoms with E-state index in [0.717, 1.165) is 0 Å². The molecule has 0 aliphatic rings. The van der Waals surface area contributed by atoms with E-state index < -0.39 is 11.6 Å². The van der Waals surface area contributed by atoms with Gasteiger partial charge in [0.25, 0.3) is 0 Å². The Morgan fingerprint density at radius 1 is 1.05 bits per heavy atom. The van der Waals surface area contributed by atoms with Crippen molar-refractivity contribution in [1.29, 1.82) is 0 Å². The highest BCUT2D eigenvalue weighted by Gasteiger charge is 2.14. The number of hydrogen-bond acceptors (Lipinski definition) is 3. The van der Waals surface area contributed by atoms with Crippen LogP contribution in [-0.4, -0.2) is 0 Å². The molecule has 106 valence electrons. The SMILES string of the molecule is Nc1cc(N)c(NCc2ccc(F)c(Cl)c2)c(F)c1Cl. The third kappa shape index (κ3) is 2.89. The zero-order valence-corrected chi connectivity index (χ0v) is 11.7. The summed E-state index contributed by atoms with van der Waals surface area (Å²) in [5.74, 6) is -1.24. The Morgan fingerprint density at radius 2 is 1.75 bits per heavy atom. The Balaban J connectivity index is 2.23. The first-order chi connectivity index (χ1) is 9.40. The quantitative estimate of drug-likeness (QED) is 0.748. The summed E-state index contributed by atoms with van der Waals surface area (Å²) in [7, 11) is 0. The fourth-order valence-electron chi connectivity index (χ4n) is 1.69. The van der Waals surface area contributed by atoms with Gasteiger partial charge >= 0.3 is 0 Å². The standard InChI is InChI=1S/C13H11Cl2F2N3/c14-7-3-6(1-2-8(7)16)5-20-13-10(19)4-9(18)11(15)12(13)17/h1-4,20H,5,18-19H2. The summed E-state index contributed by atoms with van der Waals surface area (Å²) >= 11 is 11.4. The molecule has 20 heavy (non-hydrogen) atoms. The highest BCUT2D eigenvalue weighted by molar-refractivity contribution is 6.33. The molecule has 0 heterocycles. The Kier molecular flexibility index (Phi) is 4.20. The van der Waals surface area contributed by atoms with Gasteiger partial charge in [0.05, 0.1) is 22.1 Å². The number of nitrogens with two attached hydrogens (primary N) is 2. The van der Waals surface area contributed by atoms with Gasteiger partial charge in [-0.25, -0.2) is 8.78 Å². The van der Waals surface area contributed by atoms with Gasteiger partial charge in [-0.1, -0.05) is 29.3 Å². The van der Waals surface area contributed by atoms with Crippen LogP contribution in [0.1, 0.15) is 5.56 Å². The molecule has 0 aliphatic heterocycles. The van der Waals surface area contributed by atoms with E-state index in [0.29, 0.717) is 5.56 Å². The molecule has 0 aromatic heterocycles. The van der Waals surface area contributed by atoms with Crippen molar-refractivity contribution in [2.45, 2.75) is 6.54 Å². The largest absolute Gasteiger partial charge is 0.397 e. The molecule has 0 unspecified atom stereocenters. The van der Waals surface area contributed by atoms with E-state index in [9.17, 15) is 8.78 Å². The molecule has 0 amide bonds. The summed E-state index contributed by atoms with van der Waals surface area (Å²) in [6, 6.07) is 5.57. The Morgan fingerprint density at radius 3 is 2.40 bits per heavy atom. The van der Waals surface area contributed by atoms with Gasteiger partial charge in [-0.05, 0) is 23.8 Å². The normalized spacial score (nSPS) is 10.6. The van der Waals surface area contributed by atoms with Gasteiger partial charge in [0.1, 0.15) is 10.8 Å². The lowest BCUT2D eigenvalue weighted by molar-refractivity contribution is 0.627. The first-order valence-corrected chi connectivity index (χ1v) is 6.36. The molecule has 0 bridgehead atoms. The highest BCUT2D eigenvalue weighted by atomic mass is 35.5. The maximum absolute atomic E-state index is 13.9. The fourth-order valence-corrected chi connectivity index (χ4v) is 2.04. The van der Waals surface area contributed by atoms with Gasteiger partial charge in [0.2, 0.25) is 0 Å². The molecule has 7 heteroatoms. The molecule has 0 spiro atoms. The van der Waals surface area contributed by atoms with Crippen LogP contribution in [0.15, 0.2) is 24.3 Å². The molecule has 0 saturated carbocycles. The van der Waals surface area contributed by atoms with Gasteiger partial charge in [-0.3, -0.25) is 0 Å². The molecular formula is C13H11Cl2F2N3. The fraction of sp³-hybridized carbons (Fsp3) is 0.0769. The topological polar surface area (TPSA) is 64.1 Å². The smallest absolute Gasteiger partial charge is 0.169 e. The number of benzene rings is 2. The molecule has 5 N–H and O–H groups in total. The van der Waals surface area contributed by atoms with Crippen molar-refractivity contribution in [1.82, 2.24) is 0 Å². The lowest BCUT2D eigenvalue weighted by Gasteiger charge is -2.13. The number of hydrogen-bond donors (Lipinski definition) is 3. The summed E-state index contributed by atoms with van der Waals surface area (Å²) < 4.78 is 27.0. The Labute approximate surface area is 124 Å². The van der Waals surface area contributed by atoms with Crippen LogP contribution in [0.5, 0.6) is 0 Å². The van der Waals surface area contributed by atoms with Crippen molar-refractivity contribution in [2.75, 3.05) is 16.8 Å². The van der Waals surface area contributed by atoms with Crippen molar-refractivity contribution < 1.29 is 8.78 Å². The molecule has 2 rings (SSSR count). The van der Waals surface area contributed by atoms with E-state index in [-0.39, 0.29) is 33.7 Å². The van der Waals surface area contributed by atoms with E-state index in [4.69, 9.17) is 34.7 Å². The van der Waals surface area contributed by atoms with E-state index >= 15 is 0 Å². The average Bonchev–Trinajstić information content (AvgIpc) is 2.40. The van der Waals surface area contributed by atoms with Crippen molar-refractivity contribution >= 4 is 40.3 Å². The number of halogens is 4. The van der Waals surface area contributed by atoms with Gasteiger partial charge in [0, 0.05) is 6.54 Å². The molecule has 0 saturated heterocycles. The van der Waals surface area contributed by atoms with Crippen LogP contribution in [0, 0.1) is 11.6 Å². The first-order valence-electron chi connectivity index (χ1n) is 5.61. The Hall–Kier alpha value is -1.72. The highest BCUT2D eigenvalue weighted by Crippen LogP contribution is 2.34. The molecule has 0 radical (unpaired) electrons. The first kappa shape index (κ1) is 14.7. The maximum Gasteiger partial charge on any atom is 0.169 e. The zero-order valence-electron chi connectivity index (χ0n) is 10.2. The van der Waals surface area contributed by atoms with Crippen LogP contribution in [0.25, 0.3) is 0 Å². The van der Waals surface area contributed by atoms with Crippen LogP contribution in [0.2, 0.25) is 10.0 Å². The van der Waals surface area contributed by atoms with Crippen LogP contribution < -0.4 is 16.8 Å². The van der Waals surface area contributed by atoms with Gasteiger partial charge in [-0.15, -0.1) is 0 Å². The molecular weight excluding hydrogens is 307 g/mol. The van der Waals surface area contributed by atoms with E-state index in [1.54, 1.807) is 0 Å². The van der Waals surface area contributed by atoms with Gasteiger partial charge < -0.3 is 16.8 Å². The van der Waals surface area contributed by atoms with E-state index in [2.05, 4.69) is 5.32 Å². The van der Waals surface area contributed by atoms with Crippen LogP contribution >= 0.6 is 23.2 Å². The van der Waals surface area contributed by atoms with Gasteiger partial charge in [-0.2, -0.15) is 0 Å². The van der Waals surface area contributed by atoms with Crippen LogP contribution in [0.3, 0.4) is 0 Å².